The van der Waals surface area contributed by atoms with Crippen molar-refractivity contribution >= 4 is 17.1 Å². The van der Waals surface area contributed by atoms with Crippen LogP contribution in [0.5, 0.6) is 0 Å². The zero-order valence-corrected chi connectivity index (χ0v) is 8.64. The third kappa shape index (κ3) is 2.29. The van der Waals surface area contributed by atoms with Crippen molar-refractivity contribution < 1.29 is 9.29 Å². The molecule has 14 heavy (non-hydrogen) atoms. The van der Waals surface area contributed by atoms with E-state index in [9.17, 15) is 0 Å². The van der Waals surface area contributed by atoms with Crippen molar-refractivity contribution in [3.05, 3.63) is 11.8 Å². The van der Waals surface area contributed by atoms with Gasteiger partial charge in [-0.2, -0.15) is 0 Å². The highest BCUT2D eigenvalue weighted by molar-refractivity contribution is 8.09. The van der Waals surface area contributed by atoms with Crippen LogP contribution in [0.1, 0.15) is 12.8 Å². The van der Waals surface area contributed by atoms with E-state index >= 15 is 0 Å². The lowest BCUT2D eigenvalue weighted by Crippen LogP contribution is -2.38. The van der Waals surface area contributed by atoms with Crippen molar-refractivity contribution in [1.82, 2.24) is 5.32 Å². The normalized spacial score (nSPS) is 30.1. The van der Waals surface area contributed by atoms with Gasteiger partial charge in [0.05, 0.1) is 12.7 Å². The molecule has 1 atom stereocenters. The molecule has 3 N–H and O–H groups in total. The van der Waals surface area contributed by atoms with Crippen molar-refractivity contribution in [2.75, 3.05) is 13.2 Å². The lowest BCUT2D eigenvalue weighted by molar-refractivity contribution is 0.0401. The van der Waals surface area contributed by atoms with Crippen LogP contribution in [0.25, 0.3) is 0 Å². The highest BCUT2D eigenvalue weighted by Gasteiger charge is 2.36. The van der Waals surface area contributed by atoms with E-state index in [-0.39, 0.29) is 11.1 Å². The van der Waals surface area contributed by atoms with Crippen molar-refractivity contribution in [2.45, 2.75) is 18.9 Å². The fourth-order valence-corrected chi connectivity index (χ4v) is 1.84. The van der Waals surface area contributed by atoms with Crippen LogP contribution >= 0.6 is 12.0 Å². The van der Waals surface area contributed by atoms with E-state index in [0.29, 0.717) is 18.0 Å². The molecule has 0 aromatic rings. The monoisotopic (exact) mass is 214 g/mol. The van der Waals surface area contributed by atoms with Gasteiger partial charge in [-0.05, 0) is 24.8 Å². The van der Waals surface area contributed by atoms with E-state index in [2.05, 4.69) is 5.32 Å². The van der Waals surface area contributed by atoms with Gasteiger partial charge in [-0.3, -0.25) is 5.41 Å². The molecule has 0 radical (unpaired) electrons. The van der Waals surface area contributed by atoms with Gasteiger partial charge in [0, 0.05) is 24.3 Å². The van der Waals surface area contributed by atoms with Crippen LogP contribution in [0, 0.1) is 11.3 Å². The Bertz CT molecular complexity index is 264. The highest BCUT2D eigenvalue weighted by atomic mass is 32.2. The van der Waals surface area contributed by atoms with Gasteiger partial charge < -0.3 is 14.6 Å². The first-order chi connectivity index (χ1) is 6.81. The maximum absolute atomic E-state index is 8.68. The molecule has 5 heteroatoms. The molecule has 0 bridgehead atoms. The zero-order chi connectivity index (χ0) is 9.97. The van der Waals surface area contributed by atoms with Crippen molar-refractivity contribution in [1.29, 1.82) is 5.41 Å². The first kappa shape index (κ1) is 10.0. The third-order valence-corrected chi connectivity index (χ3v) is 2.78. The molecule has 1 heterocycles. The quantitative estimate of drug-likeness (QED) is 0.370. The second-order valence-corrected chi connectivity index (χ2v) is 4.23. The molecular weight excluding hydrogens is 200 g/mol. The largest absolute Gasteiger partial charge is 0.384 e. The Labute approximate surface area is 87.4 Å². The molecule has 1 aliphatic carbocycles. The number of nitrogens with one attached hydrogen (secondary N) is 2. The summed E-state index contributed by atoms with van der Waals surface area (Å²) in [5.41, 5.74) is 0.949. The second kappa shape index (κ2) is 4.33. The SMILES string of the molecule is N=C(/C=C1\NCCO[C@@H]1C1CC1)SO. The summed E-state index contributed by atoms with van der Waals surface area (Å²) >= 11 is 0.464. The first-order valence-electron chi connectivity index (χ1n) is 4.78. The summed E-state index contributed by atoms with van der Waals surface area (Å²) in [6.07, 6.45) is 4.20. The summed E-state index contributed by atoms with van der Waals surface area (Å²) in [6.45, 7) is 1.52. The topological polar surface area (TPSA) is 65.3 Å². The minimum atomic E-state index is 0.122. The molecule has 1 saturated carbocycles. The molecule has 1 aliphatic heterocycles. The molecule has 2 aliphatic rings. The summed E-state index contributed by atoms with van der Waals surface area (Å²) in [5.74, 6) is 0.616. The van der Waals surface area contributed by atoms with Gasteiger partial charge in [-0.25, -0.2) is 0 Å². The zero-order valence-electron chi connectivity index (χ0n) is 7.82. The summed E-state index contributed by atoms with van der Waals surface area (Å²) in [6, 6.07) is 0. The molecule has 0 unspecified atom stereocenters. The summed E-state index contributed by atoms with van der Waals surface area (Å²) in [5, 5.41) is 10.7. The van der Waals surface area contributed by atoms with E-state index in [1.54, 1.807) is 6.08 Å². The number of morpholine rings is 1. The predicted molar refractivity (Wildman–Crippen MR) is 56.5 cm³/mol. The maximum atomic E-state index is 8.68. The van der Waals surface area contributed by atoms with Crippen molar-refractivity contribution in [2.24, 2.45) is 5.92 Å². The Morgan fingerprint density at radius 2 is 2.43 bits per heavy atom. The lowest BCUT2D eigenvalue weighted by Gasteiger charge is -2.27. The fraction of sp³-hybridized carbons (Fsp3) is 0.667. The molecular formula is C9H14N2O2S. The smallest absolute Gasteiger partial charge is 0.116 e. The summed E-state index contributed by atoms with van der Waals surface area (Å²) < 4.78 is 14.3. The number of rotatable bonds is 2. The molecule has 0 aromatic carbocycles. The van der Waals surface area contributed by atoms with Crippen LogP contribution in [0.2, 0.25) is 0 Å². The van der Waals surface area contributed by atoms with E-state index in [4.69, 9.17) is 14.7 Å². The molecule has 4 nitrogen and oxygen atoms in total. The van der Waals surface area contributed by atoms with Gasteiger partial charge in [-0.1, -0.05) is 0 Å². The minimum absolute atomic E-state index is 0.122. The Morgan fingerprint density at radius 3 is 3.07 bits per heavy atom. The van der Waals surface area contributed by atoms with Gasteiger partial charge >= 0.3 is 0 Å². The summed E-state index contributed by atoms with van der Waals surface area (Å²) in [7, 11) is 0. The van der Waals surface area contributed by atoms with Crippen LogP contribution in [0.15, 0.2) is 11.8 Å². The average molecular weight is 214 g/mol. The molecule has 78 valence electrons. The molecule has 1 saturated heterocycles. The molecule has 0 amide bonds. The van der Waals surface area contributed by atoms with Crippen LogP contribution in [0.4, 0.5) is 0 Å². The van der Waals surface area contributed by atoms with Gasteiger partial charge in [0.15, 0.2) is 0 Å². The molecule has 0 spiro atoms. The van der Waals surface area contributed by atoms with Gasteiger partial charge in [0.1, 0.15) is 5.04 Å². The van der Waals surface area contributed by atoms with Gasteiger partial charge in [-0.15, -0.1) is 0 Å². The number of ether oxygens (including phenoxy) is 1. The third-order valence-electron chi connectivity index (χ3n) is 2.47. The van der Waals surface area contributed by atoms with E-state index < -0.39 is 0 Å². The maximum Gasteiger partial charge on any atom is 0.116 e. The Kier molecular flexibility index (Phi) is 3.10. The van der Waals surface area contributed by atoms with E-state index in [1.807, 2.05) is 0 Å². The first-order valence-corrected chi connectivity index (χ1v) is 5.55. The fourth-order valence-electron chi connectivity index (χ4n) is 1.66. The van der Waals surface area contributed by atoms with E-state index in [0.717, 1.165) is 18.8 Å². The Morgan fingerprint density at radius 1 is 1.64 bits per heavy atom. The minimum Gasteiger partial charge on any atom is -0.384 e. The van der Waals surface area contributed by atoms with Gasteiger partial charge in [0.25, 0.3) is 0 Å². The number of hydrogen-bond donors (Lipinski definition) is 3. The Hall–Kier alpha value is -0.520. The molecule has 2 fully saturated rings. The number of hydrogen-bond acceptors (Lipinski definition) is 5. The summed E-state index contributed by atoms with van der Waals surface area (Å²) in [4.78, 5) is 0. The van der Waals surface area contributed by atoms with Crippen LogP contribution in [-0.4, -0.2) is 28.9 Å². The van der Waals surface area contributed by atoms with Crippen molar-refractivity contribution in [3.63, 3.8) is 0 Å². The standard InChI is InChI=1S/C9H14N2O2S/c10-8(14-12)5-7-9(6-1-2-6)13-4-3-11-7/h5-6,9-12H,1-4H2/b7-5-,10-8?/t9-/m1/s1. The lowest BCUT2D eigenvalue weighted by atomic mass is 10.1. The van der Waals surface area contributed by atoms with Crippen molar-refractivity contribution in [3.8, 4) is 0 Å². The van der Waals surface area contributed by atoms with Crippen LogP contribution in [-0.2, 0) is 4.74 Å². The Balaban J connectivity index is 2.05. The average Bonchev–Trinajstić information content (AvgIpc) is 3.02. The van der Waals surface area contributed by atoms with Gasteiger partial charge in [0.2, 0.25) is 0 Å². The highest BCUT2D eigenvalue weighted by Crippen LogP contribution is 2.37. The predicted octanol–water partition coefficient (Wildman–Crippen LogP) is 1.45. The second-order valence-electron chi connectivity index (χ2n) is 3.61. The van der Waals surface area contributed by atoms with Crippen LogP contribution in [0.3, 0.4) is 0 Å². The molecule has 0 aromatic heterocycles. The van der Waals surface area contributed by atoms with Crippen LogP contribution < -0.4 is 5.32 Å². The van der Waals surface area contributed by atoms with E-state index in [1.165, 1.54) is 12.8 Å². The molecule has 2 rings (SSSR count).